The van der Waals surface area contributed by atoms with E-state index in [1.54, 1.807) is 4.72 Å². The first kappa shape index (κ1) is 20.2. The third-order valence-electron chi connectivity index (χ3n) is 3.28. The van der Waals surface area contributed by atoms with Crippen molar-refractivity contribution >= 4 is 10.0 Å². The molecule has 0 bridgehead atoms. The van der Waals surface area contributed by atoms with E-state index in [1.165, 1.54) is 12.1 Å². The Kier molecular flexibility index (Phi) is 5.34. The lowest BCUT2D eigenvalue weighted by Gasteiger charge is -2.16. The topological polar surface area (TPSA) is 46.2 Å². The van der Waals surface area contributed by atoms with Crippen LogP contribution in [-0.4, -0.2) is 8.42 Å². The van der Waals surface area contributed by atoms with E-state index in [0.717, 1.165) is 12.1 Å². The van der Waals surface area contributed by atoms with Crippen molar-refractivity contribution in [2.75, 3.05) is 0 Å². The molecule has 0 aromatic heterocycles. The maximum atomic E-state index is 13.0. The molecule has 0 spiro atoms. The maximum absolute atomic E-state index is 13.0. The molecule has 0 aliphatic rings. The molecule has 2 aromatic carbocycles. The molecule has 26 heavy (non-hydrogen) atoms. The van der Waals surface area contributed by atoms with Crippen molar-refractivity contribution in [2.45, 2.75) is 23.8 Å². The van der Waals surface area contributed by atoms with Gasteiger partial charge < -0.3 is 0 Å². The molecule has 0 aliphatic heterocycles. The number of sulfonamides is 1. The van der Waals surface area contributed by atoms with Gasteiger partial charge in [0.1, 0.15) is 5.82 Å². The first-order valence-corrected chi connectivity index (χ1v) is 8.31. The number of rotatable bonds is 4. The van der Waals surface area contributed by atoms with E-state index in [4.69, 9.17) is 0 Å². The third kappa shape index (κ3) is 4.73. The van der Waals surface area contributed by atoms with Crippen LogP contribution in [0.2, 0.25) is 0 Å². The number of hydrogen-bond donors (Lipinski definition) is 1. The molecule has 11 heteroatoms. The van der Waals surface area contributed by atoms with Crippen LogP contribution in [0, 0.1) is 5.82 Å². The van der Waals surface area contributed by atoms with E-state index in [9.17, 15) is 39.2 Å². The second kappa shape index (κ2) is 6.88. The molecule has 0 amide bonds. The fourth-order valence-electron chi connectivity index (χ4n) is 2.01. The highest BCUT2D eigenvalue weighted by Gasteiger charge is 2.40. The van der Waals surface area contributed by atoms with Crippen LogP contribution in [0.15, 0.2) is 47.4 Å². The summed E-state index contributed by atoms with van der Waals surface area (Å²) in [6, 6.07) is 4.49. The predicted octanol–water partition coefficient (Wildman–Crippen LogP) is 4.34. The van der Waals surface area contributed by atoms with Crippen LogP contribution in [0.4, 0.5) is 30.7 Å². The monoisotopic (exact) mass is 401 g/mol. The molecule has 0 saturated heterocycles. The van der Waals surface area contributed by atoms with Gasteiger partial charge in [0.25, 0.3) is 0 Å². The summed E-state index contributed by atoms with van der Waals surface area (Å²) in [4.78, 5) is -1.54. The molecule has 3 nitrogen and oxygen atoms in total. The summed E-state index contributed by atoms with van der Waals surface area (Å²) in [5.74, 6) is -0.617. The Labute approximate surface area is 143 Å². The van der Waals surface area contributed by atoms with E-state index >= 15 is 0 Å². The van der Waals surface area contributed by atoms with Gasteiger partial charge in [0, 0.05) is 6.54 Å². The van der Waals surface area contributed by atoms with E-state index < -0.39 is 50.8 Å². The van der Waals surface area contributed by atoms with Crippen molar-refractivity contribution in [3.8, 4) is 0 Å². The lowest BCUT2D eigenvalue weighted by atomic mass is 10.1. The third-order valence-corrected chi connectivity index (χ3v) is 4.72. The quantitative estimate of drug-likeness (QED) is 0.775. The number of nitrogens with one attached hydrogen (secondary N) is 1. The van der Waals surface area contributed by atoms with Crippen LogP contribution in [-0.2, 0) is 28.9 Å². The average molecular weight is 401 g/mol. The van der Waals surface area contributed by atoms with E-state index in [2.05, 4.69) is 0 Å². The molecule has 0 saturated carbocycles. The first-order valence-electron chi connectivity index (χ1n) is 6.83. The first-order chi connectivity index (χ1) is 11.8. The normalized spacial score (nSPS) is 13.0. The minimum Gasteiger partial charge on any atom is -0.207 e. The minimum absolute atomic E-state index is 0.0648. The van der Waals surface area contributed by atoms with Crippen molar-refractivity contribution in [2.24, 2.45) is 0 Å². The van der Waals surface area contributed by atoms with Gasteiger partial charge in [0.05, 0.1) is 16.0 Å². The van der Waals surface area contributed by atoms with Gasteiger partial charge in [-0.25, -0.2) is 17.5 Å². The molecule has 0 heterocycles. The summed E-state index contributed by atoms with van der Waals surface area (Å²) < 4.78 is 116. The molecule has 0 radical (unpaired) electrons. The lowest BCUT2D eigenvalue weighted by molar-refractivity contribution is -0.143. The van der Waals surface area contributed by atoms with E-state index in [0.29, 0.717) is 0 Å². The average Bonchev–Trinajstić information content (AvgIpc) is 2.52. The Balaban J connectivity index is 2.43. The van der Waals surface area contributed by atoms with Crippen LogP contribution < -0.4 is 4.72 Å². The van der Waals surface area contributed by atoms with Crippen molar-refractivity contribution in [1.82, 2.24) is 4.72 Å². The van der Waals surface area contributed by atoms with Gasteiger partial charge in [-0.15, -0.1) is 0 Å². The van der Waals surface area contributed by atoms with Crippen molar-refractivity contribution in [3.05, 3.63) is 65.0 Å². The Morgan fingerprint density at radius 2 is 1.42 bits per heavy atom. The zero-order valence-corrected chi connectivity index (χ0v) is 13.4. The molecule has 2 aromatic rings. The molecule has 0 fully saturated rings. The summed E-state index contributed by atoms with van der Waals surface area (Å²) in [5, 5.41) is 0. The van der Waals surface area contributed by atoms with Crippen molar-refractivity contribution in [3.63, 3.8) is 0 Å². The van der Waals surface area contributed by atoms with Crippen LogP contribution in [0.5, 0.6) is 0 Å². The summed E-state index contributed by atoms with van der Waals surface area (Å²) >= 11 is 0. The molecular weight excluding hydrogens is 391 g/mol. The van der Waals surface area contributed by atoms with Crippen LogP contribution in [0.3, 0.4) is 0 Å². The highest BCUT2D eigenvalue weighted by Crippen LogP contribution is 2.38. The van der Waals surface area contributed by atoms with Crippen molar-refractivity contribution < 1.29 is 39.2 Å². The molecule has 0 aliphatic carbocycles. The summed E-state index contributed by atoms with van der Waals surface area (Å²) in [7, 11) is -4.93. The van der Waals surface area contributed by atoms with Gasteiger partial charge in [-0.3, -0.25) is 0 Å². The summed E-state index contributed by atoms with van der Waals surface area (Å²) in [6.45, 7) is -0.532. The smallest absolute Gasteiger partial charge is 0.207 e. The number of halogens is 7. The SMILES string of the molecule is O=S(=O)(NCc1ccc(F)cc1)c1cc(C(F)(F)F)ccc1C(F)(F)F. The van der Waals surface area contributed by atoms with Crippen molar-refractivity contribution in [1.29, 1.82) is 0 Å². The van der Waals surface area contributed by atoms with E-state index in [-0.39, 0.29) is 23.8 Å². The Morgan fingerprint density at radius 1 is 0.846 bits per heavy atom. The highest BCUT2D eigenvalue weighted by molar-refractivity contribution is 7.89. The van der Waals surface area contributed by atoms with Gasteiger partial charge in [-0.05, 0) is 35.9 Å². The van der Waals surface area contributed by atoms with Crippen LogP contribution in [0.1, 0.15) is 16.7 Å². The number of benzene rings is 2. The molecule has 142 valence electrons. The largest absolute Gasteiger partial charge is 0.417 e. The van der Waals surface area contributed by atoms with Gasteiger partial charge in [-0.2, -0.15) is 26.3 Å². The van der Waals surface area contributed by atoms with Gasteiger partial charge in [-0.1, -0.05) is 12.1 Å². The molecule has 0 atom stereocenters. The zero-order chi connectivity index (χ0) is 19.8. The Bertz CT molecular complexity index is 888. The fourth-order valence-corrected chi connectivity index (χ4v) is 3.28. The number of hydrogen-bond acceptors (Lipinski definition) is 2. The molecule has 2 rings (SSSR count). The zero-order valence-electron chi connectivity index (χ0n) is 12.6. The minimum atomic E-state index is -5.18. The lowest BCUT2D eigenvalue weighted by Crippen LogP contribution is -2.26. The van der Waals surface area contributed by atoms with Gasteiger partial charge in [0.15, 0.2) is 0 Å². The van der Waals surface area contributed by atoms with E-state index in [1.807, 2.05) is 0 Å². The highest BCUT2D eigenvalue weighted by atomic mass is 32.2. The molecule has 0 unspecified atom stereocenters. The Morgan fingerprint density at radius 3 is 1.92 bits per heavy atom. The standard InChI is InChI=1S/C15H10F7NO2S/c16-11-4-1-9(2-5-11)8-23-26(24,25)13-7-10(14(17,18)19)3-6-12(13)15(20,21)22/h1-7,23H,8H2. The predicted molar refractivity (Wildman–Crippen MR) is 76.9 cm³/mol. The summed E-state index contributed by atoms with van der Waals surface area (Å²) in [6.07, 6.45) is -10.2. The fraction of sp³-hybridized carbons (Fsp3) is 0.200. The van der Waals surface area contributed by atoms with Gasteiger partial charge in [0.2, 0.25) is 10.0 Å². The molecule has 1 N–H and O–H groups in total. The maximum Gasteiger partial charge on any atom is 0.417 e. The van der Waals surface area contributed by atoms with Crippen LogP contribution in [0.25, 0.3) is 0 Å². The second-order valence-electron chi connectivity index (χ2n) is 5.16. The van der Waals surface area contributed by atoms with Gasteiger partial charge >= 0.3 is 12.4 Å². The van der Waals surface area contributed by atoms with Crippen LogP contribution >= 0.6 is 0 Å². The Hall–Kier alpha value is -2.14. The number of alkyl halides is 6. The summed E-state index contributed by atoms with van der Waals surface area (Å²) in [5.41, 5.74) is -3.06. The molecular formula is C15H10F7NO2S. The second-order valence-corrected chi connectivity index (χ2v) is 6.89.